The number of hydrogen-bond donors (Lipinski definition) is 2. The summed E-state index contributed by atoms with van der Waals surface area (Å²) in [6, 6.07) is 5.59. The lowest BCUT2D eigenvalue weighted by Gasteiger charge is -2.06. The molecular formula is C12H15N3O3. The zero-order valence-corrected chi connectivity index (χ0v) is 10.1. The Labute approximate surface area is 104 Å². The van der Waals surface area contributed by atoms with Gasteiger partial charge in [-0.25, -0.2) is 0 Å². The molecule has 0 atom stereocenters. The van der Waals surface area contributed by atoms with Crippen LogP contribution in [0, 0.1) is 0 Å². The highest BCUT2D eigenvalue weighted by Gasteiger charge is 2.06. The molecule has 2 aromatic rings. The number of hydrogen-bond acceptors (Lipinski definition) is 4. The summed E-state index contributed by atoms with van der Waals surface area (Å²) < 4.78 is 9.96. The Balaban J connectivity index is 1.92. The number of aromatic amines is 1. The van der Waals surface area contributed by atoms with E-state index < -0.39 is 0 Å². The number of amides is 1. The number of aromatic nitrogens is 2. The van der Waals surface area contributed by atoms with E-state index in [0.717, 1.165) is 10.9 Å². The van der Waals surface area contributed by atoms with Crippen LogP contribution in [0.4, 0.5) is 5.69 Å². The van der Waals surface area contributed by atoms with Gasteiger partial charge in [0.2, 0.25) is 5.91 Å². The van der Waals surface area contributed by atoms with Crippen molar-refractivity contribution in [3.8, 4) is 0 Å². The molecule has 6 nitrogen and oxygen atoms in total. The fourth-order valence-electron chi connectivity index (χ4n) is 1.57. The van der Waals surface area contributed by atoms with Gasteiger partial charge in [-0.3, -0.25) is 9.89 Å². The number of anilines is 1. The largest absolute Gasteiger partial charge is 0.382 e. The highest BCUT2D eigenvalue weighted by atomic mass is 16.5. The Morgan fingerprint density at radius 1 is 1.44 bits per heavy atom. The molecule has 2 rings (SSSR count). The predicted molar refractivity (Wildman–Crippen MR) is 67.4 cm³/mol. The summed E-state index contributed by atoms with van der Waals surface area (Å²) in [6.45, 7) is 0.884. The van der Waals surface area contributed by atoms with E-state index in [0.29, 0.717) is 18.9 Å². The minimum atomic E-state index is -0.201. The number of carbonyl (C=O) groups excluding carboxylic acids is 1. The molecule has 1 amide bonds. The summed E-state index contributed by atoms with van der Waals surface area (Å²) in [5, 5.41) is 10.5. The molecule has 1 heterocycles. The third kappa shape index (κ3) is 3.06. The van der Waals surface area contributed by atoms with E-state index in [1.54, 1.807) is 13.3 Å². The number of carbonyl (C=O) groups is 1. The summed E-state index contributed by atoms with van der Waals surface area (Å²) in [6.07, 6.45) is 1.71. The molecule has 0 spiro atoms. The second-order valence-corrected chi connectivity index (χ2v) is 3.73. The average Bonchev–Trinajstić information content (AvgIpc) is 2.84. The molecule has 0 aliphatic rings. The Kier molecular flexibility index (Phi) is 4.27. The maximum Gasteiger partial charge on any atom is 0.250 e. The molecule has 2 N–H and O–H groups in total. The maximum atomic E-state index is 11.6. The van der Waals surface area contributed by atoms with E-state index in [1.807, 2.05) is 18.2 Å². The van der Waals surface area contributed by atoms with E-state index in [1.165, 1.54) is 0 Å². The molecule has 96 valence electrons. The number of methoxy groups -OCH3 is 1. The summed E-state index contributed by atoms with van der Waals surface area (Å²) in [5.74, 6) is -0.201. The predicted octanol–water partition coefficient (Wildman–Crippen LogP) is 1.16. The molecule has 0 saturated heterocycles. The first-order chi connectivity index (χ1) is 8.81. The minimum Gasteiger partial charge on any atom is -0.382 e. The number of para-hydroxylation sites is 1. The SMILES string of the molecule is COCCOCC(=O)Nc1cccc2cn[nH]c12. The van der Waals surface area contributed by atoms with Crippen molar-refractivity contribution >= 4 is 22.5 Å². The van der Waals surface area contributed by atoms with Crippen molar-refractivity contribution in [3.63, 3.8) is 0 Å². The van der Waals surface area contributed by atoms with Gasteiger partial charge in [-0.15, -0.1) is 0 Å². The minimum absolute atomic E-state index is 0.00782. The van der Waals surface area contributed by atoms with Crippen molar-refractivity contribution < 1.29 is 14.3 Å². The van der Waals surface area contributed by atoms with Gasteiger partial charge in [-0.05, 0) is 6.07 Å². The van der Waals surface area contributed by atoms with Gasteiger partial charge in [-0.1, -0.05) is 12.1 Å². The Morgan fingerprint density at radius 3 is 3.17 bits per heavy atom. The number of rotatable bonds is 6. The normalized spacial score (nSPS) is 10.7. The molecule has 0 radical (unpaired) electrons. The van der Waals surface area contributed by atoms with Gasteiger partial charge < -0.3 is 14.8 Å². The van der Waals surface area contributed by atoms with Gasteiger partial charge in [0.1, 0.15) is 6.61 Å². The quantitative estimate of drug-likeness (QED) is 0.753. The van der Waals surface area contributed by atoms with Gasteiger partial charge in [0.15, 0.2) is 0 Å². The lowest BCUT2D eigenvalue weighted by molar-refractivity contribution is -0.121. The fraction of sp³-hybridized carbons (Fsp3) is 0.333. The van der Waals surface area contributed by atoms with Gasteiger partial charge in [0.05, 0.1) is 30.6 Å². The van der Waals surface area contributed by atoms with Gasteiger partial charge in [0.25, 0.3) is 0 Å². The van der Waals surface area contributed by atoms with Gasteiger partial charge in [-0.2, -0.15) is 5.10 Å². The molecule has 0 aliphatic heterocycles. The third-order valence-electron chi connectivity index (χ3n) is 2.42. The van der Waals surface area contributed by atoms with Crippen molar-refractivity contribution in [2.24, 2.45) is 0 Å². The number of ether oxygens (including phenoxy) is 2. The molecule has 1 aromatic heterocycles. The Bertz CT molecular complexity index is 524. The summed E-state index contributed by atoms with van der Waals surface area (Å²) in [4.78, 5) is 11.6. The summed E-state index contributed by atoms with van der Waals surface area (Å²) >= 11 is 0. The fourth-order valence-corrected chi connectivity index (χ4v) is 1.57. The van der Waals surface area contributed by atoms with Crippen LogP contribution in [0.1, 0.15) is 0 Å². The van der Waals surface area contributed by atoms with E-state index in [9.17, 15) is 4.79 Å². The van der Waals surface area contributed by atoms with E-state index >= 15 is 0 Å². The molecular weight excluding hydrogens is 234 g/mol. The lowest BCUT2D eigenvalue weighted by atomic mass is 10.2. The zero-order chi connectivity index (χ0) is 12.8. The van der Waals surface area contributed by atoms with Crippen LogP contribution < -0.4 is 5.32 Å². The first kappa shape index (κ1) is 12.5. The Hall–Kier alpha value is -1.92. The van der Waals surface area contributed by atoms with Crippen LogP contribution in [-0.4, -0.2) is 43.0 Å². The summed E-state index contributed by atoms with van der Waals surface area (Å²) in [5.41, 5.74) is 1.51. The first-order valence-corrected chi connectivity index (χ1v) is 5.60. The van der Waals surface area contributed by atoms with E-state index in [4.69, 9.17) is 9.47 Å². The number of nitrogens with zero attached hydrogens (tertiary/aromatic N) is 1. The van der Waals surface area contributed by atoms with Crippen molar-refractivity contribution in [1.82, 2.24) is 10.2 Å². The van der Waals surface area contributed by atoms with Crippen molar-refractivity contribution in [1.29, 1.82) is 0 Å². The number of fused-ring (bicyclic) bond motifs is 1. The number of benzene rings is 1. The molecule has 0 fully saturated rings. The second-order valence-electron chi connectivity index (χ2n) is 3.73. The molecule has 0 bridgehead atoms. The average molecular weight is 249 g/mol. The zero-order valence-electron chi connectivity index (χ0n) is 10.1. The highest BCUT2D eigenvalue weighted by Crippen LogP contribution is 2.20. The van der Waals surface area contributed by atoms with Crippen LogP contribution in [-0.2, 0) is 14.3 Å². The highest BCUT2D eigenvalue weighted by molar-refractivity contribution is 6.00. The second kappa shape index (κ2) is 6.13. The van der Waals surface area contributed by atoms with Crippen LogP contribution >= 0.6 is 0 Å². The van der Waals surface area contributed by atoms with Crippen LogP contribution in [0.5, 0.6) is 0 Å². The van der Waals surface area contributed by atoms with Gasteiger partial charge in [0, 0.05) is 12.5 Å². The molecule has 0 saturated carbocycles. The van der Waals surface area contributed by atoms with Crippen molar-refractivity contribution in [2.45, 2.75) is 0 Å². The van der Waals surface area contributed by atoms with Gasteiger partial charge >= 0.3 is 0 Å². The summed E-state index contributed by atoms with van der Waals surface area (Å²) in [7, 11) is 1.59. The molecule has 1 aromatic carbocycles. The standard InChI is InChI=1S/C12H15N3O3/c1-17-5-6-18-8-11(16)14-10-4-2-3-9-7-13-15-12(9)10/h2-4,7H,5-6,8H2,1H3,(H,13,15)(H,14,16). The van der Waals surface area contributed by atoms with Crippen molar-refractivity contribution in [2.75, 3.05) is 32.2 Å². The van der Waals surface area contributed by atoms with Crippen LogP contribution in [0.2, 0.25) is 0 Å². The monoisotopic (exact) mass is 249 g/mol. The first-order valence-electron chi connectivity index (χ1n) is 5.60. The van der Waals surface area contributed by atoms with Crippen molar-refractivity contribution in [3.05, 3.63) is 24.4 Å². The molecule has 18 heavy (non-hydrogen) atoms. The van der Waals surface area contributed by atoms with E-state index in [-0.39, 0.29) is 12.5 Å². The van der Waals surface area contributed by atoms with Crippen LogP contribution in [0.3, 0.4) is 0 Å². The topological polar surface area (TPSA) is 76.2 Å². The van der Waals surface area contributed by atoms with E-state index in [2.05, 4.69) is 15.5 Å². The smallest absolute Gasteiger partial charge is 0.250 e. The molecule has 0 aliphatic carbocycles. The number of H-pyrrole nitrogens is 1. The Morgan fingerprint density at radius 2 is 2.33 bits per heavy atom. The molecule has 0 unspecified atom stereocenters. The third-order valence-corrected chi connectivity index (χ3v) is 2.42. The molecule has 6 heteroatoms. The van der Waals surface area contributed by atoms with Crippen LogP contribution in [0.25, 0.3) is 10.9 Å². The van der Waals surface area contributed by atoms with Crippen LogP contribution in [0.15, 0.2) is 24.4 Å². The lowest BCUT2D eigenvalue weighted by Crippen LogP contribution is -2.19. The maximum absolute atomic E-state index is 11.6. The number of nitrogens with one attached hydrogen (secondary N) is 2.